The molecule has 6 fully saturated rings. The molecule has 0 radical (unpaired) electrons. The van der Waals surface area contributed by atoms with Crippen molar-refractivity contribution in [3.63, 3.8) is 0 Å². The largest absolute Gasteiger partial charge is 0.328 e. The summed E-state index contributed by atoms with van der Waals surface area (Å²) < 4.78 is 1.85. The second-order valence-corrected chi connectivity index (χ2v) is 7.33. The van der Waals surface area contributed by atoms with Crippen LogP contribution in [0.1, 0.15) is 12.5 Å². The van der Waals surface area contributed by atoms with Crippen molar-refractivity contribution in [3.05, 3.63) is 39.2 Å². The van der Waals surface area contributed by atoms with Gasteiger partial charge in [-0.1, -0.05) is 19.6 Å². The molecule has 1 N–H and O–H groups in total. The van der Waals surface area contributed by atoms with Crippen molar-refractivity contribution in [2.75, 3.05) is 0 Å². The summed E-state index contributed by atoms with van der Waals surface area (Å²) in [5, 5.41) is 0. The van der Waals surface area contributed by atoms with Gasteiger partial charge in [-0.15, -0.1) is 0 Å². The smallest absolute Gasteiger partial charge is 0.293 e. The first kappa shape index (κ1) is 9.34. The van der Waals surface area contributed by atoms with Gasteiger partial charge >= 0.3 is 5.69 Å². The van der Waals surface area contributed by atoms with Crippen LogP contribution in [0.5, 0.6) is 0 Å². The molecule has 19 heavy (non-hydrogen) atoms. The van der Waals surface area contributed by atoms with Gasteiger partial charge in [0, 0.05) is 6.20 Å². The van der Waals surface area contributed by atoms with Crippen LogP contribution in [-0.2, 0) is 5.54 Å². The second-order valence-electron chi connectivity index (χ2n) is 7.33. The van der Waals surface area contributed by atoms with Gasteiger partial charge in [0.2, 0.25) is 0 Å². The Morgan fingerprint density at radius 2 is 1.79 bits per heavy atom. The third-order valence-electron chi connectivity index (χ3n) is 7.68. The summed E-state index contributed by atoms with van der Waals surface area (Å²) in [7, 11) is 0. The number of hydrogen-bond donors (Lipinski definition) is 1. The van der Waals surface area contributed by atoms with Gasteiger partial charge in [-0.05, 0) is 40.9 Å². The fourth-order valence-electron chi connectivity index (χ4n) is 7.41. The maximum atomic E-state index is 12.2. The van der Waals surface area contributed by atoms with Gasteiger partial charge in [-0.3, -0.25) is 14.3 Å². The topological polar surface area (TPSA) is 54.9 Å². The molecule has 1 heterocycles. The molecule has 0 unspecified atom stereocenters. The minimum Gasteiger partial charge on any atom is -0.293 e. The van der Waals surface area contributed by atoms with Crippen LogP contribution in [0.4, 0.5) is 0 Å². The molecule has 7 rings (SSSR count). The Morgan fingerprint density at radius 1 is 1.21 bits per heavy atom. The van der Waals surface area contributed by atoms with E-state index < -0.39 is 0 Å². The summed E-state index contributed by atoms with van der Waals surface area (Å²) in [5.41, 5.74) is 0.710. The molecule has 0 spiro atoms. The quantitative estimate of drug-likeness (QED) is 0.842. The van der Waals surface area contributed by atoms with E-state index in [2.05, 4.69) is 18.5 Å². The van der Waals surface area contributed by atoms with Crippen molar-refractivity contribution in [1.29, 1.82) is 0 Å². The van der Waals surface area contributed by atoms with Gasteiger partial charge in [0.25, 0.3) is 5.56 Å². The standard InChI is InChI=1S/C15H14N2O2/c1-3-5-4-17(13(19)16-12(5)18)15-9-6-10(15)8-11(15)7(9)14(6,8)2/h3-4,6-11H,1H2,2H3,(H,16,18,19). The van der Waals surface area contributed by atoms with Crippen LogP contribution < -0.4 is 11.2 Å². The maximum absolute atomic E-state index is 12.2. The first-order chi connectivity index (χ1) is 9.09. The first-order valence-corrected chi connectivity index (χ1v) is 7.08. The highest BCUT2D eigenvalue weighted by Gasteiger charge is 3.09. The summed E-state index contributed by atoms with van der Waals surface area (Å²) in [6, 6.07) is 0. The zero-order valence-electron chi connectivity index (χ0n) is 10.6. The summed E-state index contributed by atoms with van der Waals surface area (Å²) in [5.74, 6) is 4.78. The molecular formula is C15H14N2O2. The van der Waals surface area contributed by atoms with E-state index >= 15 is 0 Å². The van der Waals surface area contributed by atoms with Crippen molar-refractivity contribution >= 4 is 6.08 Å². The Hall–Kier alpha value is -1.58. The predicted molar refractivity (Wildman–Crippen MR) is 68.4 cm³/mol. The molecule has 0 aliphatic heterocycles. The number of H-pyrrole nitrogens is 1. The molecule has 4 nitrogen and oxygen atoms in total. The highest BCUT2D eigenvalue weighted by atomic mass is 16.2. The van der Waals surface area contributed by atoms with Crippen molar-refractivity contribution in [3.8, 4) is 0 Å². The molecule has 4 heteroatoms. The lowest BCUT2D eigenvalue weighted by Crippen LogP contribution is -3.12. The first-order valence-electron chi connectivity index (χ1n) is 7.08. The van der Waals surface area contributed by atoms with Gasteiger partial charge in [-0.25, -0.2) is 4.79 Å². The molecular weight excluding hydrogens is 240 g/mol. The van der Waals surface area contributed by atoms with E-state index in [1.165, 1.54) is 6.08 Å². The summed E-state index contributed by atoms with van der Waals surface area (Å²) >= 11 is 0. The van der Waals surface area contributed by atoms with Gasteiger partial charge in [-0.2, -0.15) is 0 Å². The van der Waals surface area contributed by atoms with Crippen LogP contribution in [0.3, 0.4) is 0 Å². The molecule has 0 amide bonds. The minimum absolute atomic E-state index is 0.0941. The molecule has 1 aromatic rings. The van der Waals surface area contributed by atoms with E-state index in [0.29, 0.717) is 11.0 Å². The number of nitrogens with zero attached hydrogens (tertiary/aromatic N) is 1. The molecule has 0 bridgehead atoms. The molecule has 1 aromatic heterocycles. The number of nitrogens with one attached hydrogen (secondary N) is 1. The second kappa shape index (κ2) is 2.07. The number of hydrogen-bond acceptors (Lipinski definition) is 2. The fraction of sp³-hybridized carbons (Fsp3) is 0.600. The van der Waals surface area contributed by atoms with E-state index in [-0.39, 0.29) is 16.8 Å². The summed E-state index contributed by atoms with van der Waals surface area (Å²) in [4.78, 5) is 26.3. The number of aromatic nitrogens is 2. The predicted octanol–water partition coefficient (Wildman–Crippen LogP) is 0.646. The third kappa shape index (κ3) is 0.503. The van der Waals surface area contributed by atoms with Crippen LogP contribution in [0.15, 0.2) is 22.4 Å². The molecule has 96 valence electrons. The average Bonchev–Trinajstić information content (AvgIpc) is 2.41. The monoisotopic (exact) mass is 254 g/mol. The lowest BCUT2D eigenvalue weighted by Gasteiger charge is -3.11. The van der Waals surface area contributed by atoms with Crippen LogP contribution in [0.25, 0.3) is 6.08 Å². The van der Waals surface area contributed by atoms with Gasteiger partial charge in [0.05, 0.1) is 11.1 Å². The Morgan fingerprint density at radius 3 is 2.32 bits per heavy atom. The van der Waals surface area contributed by atoms with Crippen LogP contribution in [0.2, 0.25) is 0 Å². The highest BCUT2D eigenvalue weighted by Crippen LogP contribution is 3.08. The lowest BCUT2D eigenvalue weighted by atomic mass is 8.94. The molecule has 6 saturated carbocycles. The average molecular weight is 254 g/mol. The highest BCUT2D eigenvalue weighted by molar-refractivity contribution is 5.56. The Bertz CT molecular complexity index is 761. The Labute approximate surface area is 109 Å². The van der Waals surface area contributed by atoms with Gasteiger partial charge in [0.15, 0.2) is 0 Å². The van der Waals surface area contributed by atoms with E-state index in [1.807, 2.05) is 4.57 Å². The Balaban J connectivity index is 1.58. The fourth-order valence-corrected chi connectivity index (χ4v) is 7.41. The molecule has 0 aromatic carbocycles. The van der Waals surface area contributed by atoms with E-state index in [9.17, 15) is 9.59 Å². The SMILES string of the molecule is C=Cc1cn(C23C4C5C2C2C3C4C52C)c(=O)[nH]c1=O. The lowest BCUT2D eigenvalue weighted by molar-refractivity contribution is -0.641. The molecule has 0 atom stereocenters. The van der Waals surface area contributed by atoms with Crippen LogP contribution in [0, 0.1) is 40.9 Å². The maximum Gasteiger partial charge on any atom is 0.328 e. The Kier molecular flexibility index (Phi) is 1.02. The minimum atomic E-state index is -0.319. The van der Waals surface area contributed by atoms with Crippen LogP contribution >= 0.6 is 0 Å². The normalized spacial score (nSPS) is 59.8. The molecule has 6 aliphatic carbocycles. The summed E-state index contributed by atoms with van der Waals surface area (Å²) in [6.45, 7) is 6.09. The zero-order chi connectivity index (χ0) is 12.9. The van der Waals surface area contributed by atoms with Gasteiger partial charge in [0.1, 0.15) is 0 Å². The third-order valence-corrected chi connectivity index (χ3v) is 7.68. The molecule has 6 aliphatic rings. The van der Waals surface area contributed by atoms with Crippen molar-refractivity contribution in [2.45, 2.75) is 12.5 Å². The molecule has 0 saturated heterocycles. The van der Waals surface area contributed by atoms with E-state index in [4.69, 9.17) is 0 Å². The van der Waals surface area contributed by atoms with Crippen molar-refractivity contribution < 1.29 is 0 Å². The summed E-state index contributed by atoms with van der Waals surface area (Å²) in [6.07, 6.45) is 3.29. The number of rotatable bonds is 2. The zero-order valence-corrected chi connectivity index (χ0v) is 10.6. The van der Waals surface area contributed by atoms with Gasteiger partial charge < -0.3 is 0 Å². The van der Waals surface area contributed by atoms with E-state index in [0.717, 1.165) is 35.5 Å². The number of aromatic amines is 1. The van der Waals surface area contributed by atoms with Crippen molar-refractivity contribution in [1.82, 2.24) is 9.55 Å². The van der Waals surface area contributed by atoms with Crippen molar-refractivity contribution in [2.24, 2.45) is 40.9 Å². The van der Waals surface area contributed by atoms with Crippen LogP contribution in [-0.4, -0.2) is 9.55 Å². The van der Waals surface area contributed by atoms with E-state index in [1.54, 1.807) is 6.20 Å².